The van der Waals surface area contributed by atoms with Gasteiger partial charge in [-0.25, -0.2) is 8.42 Å². The zero-order valence-electron chi connectivity index (χ0n) is 20.5. The van der Waals surface area contributed by atoms with Crippen LogP contribution in [0.1, 0.15) is 30.1 Å². The second-order valence-corrected chi connectivity index (χ2v) is 11.6. The number of amides is 1. The Morgan fingerprint density at radius 3 is 2.70 bits per heavy atom. The molecular weight excluding hydrogens is 520 g/mol. The van der Waals surface area contributed by atoms with Crippen LogP contribution >= 0.6 is 11.3 Å². The van der Waals surface area contributed by atoms with Gasteiger partial charge in [0.2, 0.25) is 10.0 Å². The molecule has 3 aromatic rings. The first-order chi connectivity index (χ1) is 17.7. The molecular formula is C24H28N4O7S2. The van der Waals surface area contributed by atoms with Crippen molar-refractivity contribution in [2.24, 2.45) is 4.99 Å². The van der Waals surface area contributed by atoms with Crippen LogP contribution < -0.4 is 4.80 Å². The molecule has 13 heteroatoms. The first kappa shape index (κ1) is 27.1. The topological polar surface area (TPSA) is 133 Å². The SMILES string of the molecule is CCOCCn1c(=NC(=O)c2ccc(S(=O)(=O)N(C)CC3CCCO3)cc2)sc2cc([N+](=O)[O-])ccc21. The van der Waals surface area contributed by atoms with E-state index in [0.717, 1.165) is 24.2 Å². The second kappa shape index (κ2) is 11.6. The standard InChI is InChI=1S/C24H28N4O7S2/c1-3-34-14-12-27-21-11-8-18(28(30)31)15-22(21)36-24(27)25-23(29)17-6-9-20(10-7-17)37(32,33)26(2)16-19-5-4-13-35-19/h6-11,15,19H,3-5,12-14,16H2,1-2H3. The van der Waals surface area contributed by atoms with E-state index in [2.05, 4.69) is 4.99 Å². The molecule has 1 saturated heterocycles. The second-order valence-electron chi connectivity index (χ2n) is 8.50. The third kappa shape index (κ3) is 6.13. The van der Waals surface area contributed by atoms with Crippen LogP contribution in [0.4, 0.5) is 5.69 Å². The third-order valence-electron chi connectivity index (χ3n) is 6.03. The van der Waals surface area contributed by atoms with Crippen molar-refractivity contribution >= 4 is 43.2 Å². The molecule has 37 heavy (non-hydrogen) atoms. The molecule has 1 unspecified atom stereocenters. The van der Waals surface area contributed by atoms with Crippen LogP contribution in [-0.4, -0.2) is 67.6 Å². The lowest BCUT2D eigenvalue weighted by atomic mass is 10.2. The quantitative estimate of drug-likeness (QED) is 0.216. The van der Waals surface area contributed by atoms with Crippen molar-refractivity contribution in [3.8, 4) is 0 Å². The van der Waals surface area contributed by atoms with Gasteiger partial charge in [-0.2, -0.15) is 9.30 Å². The average Bonchev–Trinajstić information content (AvgIpc) is 3.51. The number of hydrogen-bond donors (Lipinski definition) is 0. The lowest BCUT2D eigenvalue weighted by Crippen LogP contribution is -2.34. The maximum Gasteiger partial charge on any atom is 0.279 e. The van der Waals surface area contributed by atoms with Crippen molar-refractivity contribution in [2.45, 2.75) is 37.3 Å². The van der Waals surface area contributed by atoms with Crippen LogP contribution in [-0.2, 0) is 26.0 Å². The number of likely N-dealkylation sites (N-methyl/N-ethyl adjacent to an activating group) is 1. The molecule has 1 atom stereocenters. The van der Waals surface area contributed by atoms with Crippen LogP contribution in [0.3, 0.4) is 0 Å². The predicted molar refractivity (Wildman–Crippen MR) is 138 cm³/mol. The van der Waals surface area contributed by atoms with Crippen molar-refractivity contribution in [2.75, 3.05) is 33.4 Å². The third-order valence-corrected chi connectivity index (χ3v) is 8.91. The fourth-order valence-electron chi connectivity index (χ4n) is 4.05. The first-order valence-electron chi connectivity index (χ1n) is 11.8. The van der Waals surface area contributed by atoms with E-state index in [1.165, 1.54) is 47.8 Å². The Bertz CT molecular complexity index is 1460. The largest absolute Gasteiger partial charge is 0.380 e. The number of fused-ring (bicyclic) bond motifs is 1. The number of nitrogens with zero attached hydrogens (tertiary/aromatic N) is 4. The van der Waals surface area contributed by atoms with Crippen molar-refractivity contribution < 1.29 is 27.6 Å². The summed E-state index contributed by atoms with van der Waals surface area (Å²) >= 11 is 1.16. The fraction of sp³-hybridized carbons (Fsp3) is 0.417. The molecule has 2 heterocycles. The van der Waals surface area contributed by atoms with E-state index in [1.807, 2.05) is 6.92 Å². The summed E-state index contributed by atoms with van der Waals surface area (Å²) in [7, 11) is -2.22. The van der Waals surface area contributed by atoms with Gasteiger partial charge in [-0.15, -0.1) is 0 Å². The van der Waals surface area contributed by atoms with E-state index in [4.69, 9.17) is 9.47 Å². The molecule has 1 fully saturated rings. The lowest BCUT2D eigenvalue weighted by molar-refractivity contribution is -0.384. The molecule has 0 radical (unpaired) electrons. The summed E-state index contributed by atoms with van der Waals surface area (Å²) in [6.45, 7) is 4.10. The minimum atomic E-state index is -3.74. The highest BCUT2D eigenvalue weighted by Gasteiger charge is 2.26. The van der Waals surface area contributed by atoms with Crippen molar-refractivity contribution in [3.63, 3.8) is 0 Å². The molecule has 0 saturated carbocycles. The number of carbonyl (C=O) groups excluding carboxylic acids is 1. The maximum atomic E-state index is 13.0. The Morgan fingerprint density at radius 2 is 2.05 bits per heavy atom. The van der Waals surface area contributed by atoms with Crippen LogP contribution in [0.15, 0.2) is 52.4 Å². The number of rotatable bonds is 10. The number of nitro benzene ring substituents is 1. The number of hydrogen-bond acceptors (Lipinski definition) is 8. The summed E-state index contributed by atoms with van der Waals surface area (Å²) < 4.78 is 40.5. The summed E-state index contributed by atoms with van der Waals surface area (Å²) in [5.74, 6) is -0.553. The molecule has 0 spiro atoms. The smallest absolute Gasteiger partial charge is 0.279 e. The summed E-state index contributed by atoms with van der Waals surface area (Å²) in [6, 6.07) is 10.1. The number of sulfonamides is 1. The van der Waals surface area contributed by atoms with Crippen LogP contribution in [0.25, 0.3) is 10.2 Å². The van der Waals surface area contributed by atoms with Gasteiger partial charge in [-0.05, 0) is 50.1 Å². The van der Waals surface area contributed by atoms with Gasteiger partial charge in [0.25, 0.3) is 11.6 Å². The van der Waals surface area contributed by atoms with Gasteiger partial charge in [-0.3, -0.25) is 14.9 Å². The minimum Gasteiger partial charge on any atom is -0.380 e. The van der Waals surface area contributed by atoms with Crippen molar-refractivity contribution in [1.82, 2.24) is 8.87 Å². The van der Waals surface area contributed by atoms with E-state index in [9.17, 15) is 23.3 Å². The van der Waals surface area contributed by atoms with Gasteiger partial charge in [0, 0.05) is 51.0 Å². The number of thiazole rings is 1. The van der Waals surface area contributed by atoms with Crippen LogP contribution in [0, 0.1) is 10.1 Å². The van der Waals surface area contributed by atoms with Gasteiger partial charge in [0.1, 0.15) is 0 Å². The van der Waals surface area contributed by atoms with Gasteiger partial charge >= 0.3 is 0 Å². The zero-order valence-corrected chi connectivity index (χ0v) is 22.2. The molecule has 0 bridgehead atoms. The summed E-state index contributed by atoms with van der Waals surface area (Å²) in [5.41, 5.74) is 0.878. The Labute approximate surface area is 218 Å². The molecule has 1 aliphatic rings. The van der Waals surface area contributed by atoms with Crippen molar-refractivity contribution in [1.29, 1.82) is 0 Å². The van der Waals surface area contributed by atoms with E-state index in [-0.39, 0.29) is 28.8 Å². The molecule has 0 aliphatic carbocycles. The summed E-state index contributed by atoms with van der Waals surface area (Å²) in [6.07, 6.45) is 1.63. The van der Waals surface area contributed by atoms with Gasteiger partial charge in [0.15, 0.2) is 4.80 Å². The van der Waals surface area contributed by atoms with Crippen LogP contribution in [0.2, 0.25) is 0 Å². The fourth-order valence-corrected chi connectivity index (χ4v) is 6.34. The molecule has 2 aromatic carbocycles. The molecule has 1 aromatic heterocycles. The summed E-state index contributed by atoms with van der Waals surface area (Å²) in [5, 5.41) is 11.2. The number of non-ortho nitro benzene ring substituents is 1. The molecule has 0 N–H and O–H groups in total. The Hall–Kier alpha value is -2.97. The zero-order chi connectivity index (χ0) is 26.6. The number of nitro groups is 1. The van der Waals surface area contributed by atoms with Crippen LogP contribution in [0.5, 0.6) is 0 Å². The monoisotopic (exact) mass is 548 g/mol. The Balaban J connectivity index is 1.60. The highest BCUT2D eigenvalue weighted by atomic mass is 32.2. The molecule has 1 amide bonds. The number of ether oxygens (including phenoxy) is 2. The first-order valence-corrected chi connectivity index (χ1v) is 14.1. The van der Waals surface area contributed by atoms with E-state index < -0.39 is 20.9 Å². The number of benzene rings is 2. The predicted octanol–water partition coefficient (Wildman–Crippen LogP) is 3.19. The van der Waals surface area contributed by atoms with E-state index in [0.29, 0.717) is 41.4 Å². The number of carbonyl (C=O) groups is 1. The highest BCUT2D eigenvalue weighted by Crippen LogP contribution is 2.24. The molecule has 11 nitrogen and oxygen atoms in total. The Kier molecular flexibility index (Phi) is 8.49. The van der Waals surface area contributed by atoms with Gasteiger partial charge in [-0.1, -0.05) is 11.3 Å². The average molecular weight is 549 g/mol. The molecule has 1 aliphatic heterocycles. The summed E-state index contributed by atoms with van der Waals surface area (Å²) in [4.78, 5) is 28.4. The molecule has 198 valence electrons. The Morgan fingerprint density at radius 1 is 1.30 bits per heavy atom. The van der Waals surface area contributed by atoms with Gasteiger partial charge < -0.3 is 14.0 Å². The van der Waals surface area contributed by atoms with Gasteiger partial charge in [0.05, 0.1) is 32.7 Å². The van der Waals surface area contributed by atoms with E-state index in [1.54, 1.807) is 10.6 Å². The highest BCUT2D eigenvalue weighted by molar-refractivity contribution is 7.89. The van der Waals surface area contributed by atoms with E-state index >= 15 is 0 Å². The lowest BCUT2D eigenvalue weighted by Gasteiger charge is -2.20. The maximum absolute atomic E-state index is 13.0. The minimum absolute atomic E-state index is 0.0511. The van der Waals surface area contributed by atoms with Crippen molar-refractivity contribution in [3.05, 3.63) is 62.9 Å². The molecule has 4 rings (SSSR count). The number of aromatic nitrogens is 1. The normalized spacial score (nSPS) is 16.6.